The van der Waals surface area contributed by atoms with Gasteiger partial charge in [-0.3, -0.25) is 0 Å². The fraction of sp³-hybridized carbons (Fsp3) is 0.600. The SMILES string of the molecule is CCCCCc1ccc(CN)o1. The van der Waals surface area contributed by atoms with Crippen LogP contribution in [0.15, 0.2) is 16.5 Å². The van der Waals surface area contributed by atoms with Crippen LogP contribution in [0.1, 0.15) is 37.7 Å². The molecule has 0 unspecified atom stereocenters. The molecule has 0 saturated heterocycles. The van der Waals surface area contributed by atoms with Gasteiger partial charge in [0.2, 0.25) is 0 Å². The van der Waals surface area contributed by atoms with E-state index < -0.39 is 0 Å². The normalized spacial score (nSPS) is 10.5. The van der Waals surface area contributed by atoms with Crippen molar-refractivity contribution in [2.45, 2.75) is 39.2 Å². The van der Waals surface area contributed by atoms with Crippen LogP contribution in [0.4, 0.5) is 0 Å². The molecular weight excluding hydrogens is 150 g/mol. The van der Waals surface area contributed by atoms with Crippen molar-refractivity contribution in [3.05, 3.63) is 23.7 Å². The molecule has 0 radical (unpaired) electrons. The number of hydrogen-bond acceptors (Lipinski definition) is 2. The van der Waals surface area contributed by atoms with Crippen molar-refractivity contribution in [2.24, 2.45) is 5.73 Å². The number of aryl methyl sites for hydroxylation is 1. The fourth-order valence-corrected chi connectivity index (χ4v) is 1.22. The number of hydrogen-bond donors (Lipinski definition) is 1. The highest BCUT2D eigenvalue weighted by Gasteiger charge is 1.98. The monoisotopic (exact) mass is 167 g/mol. The first kappa shape index (κ1) is 9.33. The molecular formula is C10H17NO. The van der Waals surface area contributed by atoms with E-state index in [0.29, 0.717) is 6.54 Å². The van der Waals surface area contributed by atoms with Crippen molar-refractivity contribution >= 4 is 0 Å². The summed E-state index contributed by atoms with van der Waals surface area (Å²) in [7, 11) is 0. The van der Waals surface area contributed by atoms with Crippen molar-refractivity contribution in [1.29, 1.82) is 0 Å². The van der Waals surface area contributed by atoms with Gasteiger partial charge in [-0.05, 0) is 18.6 Å². The molecule has 0 saturated carbocycles. The van der Waals surface area contributed by atoms with Crippen LogP contribution in [-0.2, 0) is 13.0 Å². The highest BCUT2D eigenvalue weighted by molar-refractivity contribution is 5.06. The van der Waals surface area contributed by atoms with E-state index in [9.17, 15) is 0 Å². The van der Waals surface area contributed by atoms with Crippen molar-refractivity contribution in [3.8, 4) is 0 Å². The lowest BCUT2D eigenvalue weighted by molar-refractivity contribution is 0.458. The highest BCUT2D eigenvalue weighted by Crippen LogP contribution is 2.10. The maximum Gasteiger partial charge on any atom is 0.117 e. The molecule has 0 aromatic carbocycles. The summed E-state index contributed by atoms with van der Waals surface area (Å²) in [5, 5.41) is 0. The smallest absolute Gasteiger partial charge is 0.117 e. The second-order valence-electron chi connectivity index (χ2n) is 3.03. The molecule has 1 aromatic rings. The minimum Gasteiger partial charge on any atom is -0.465 e. The summed E-state index contributed by atoms with van der Waals surface area (Å²) in [6.07, 6.45) is 4.80. The third kappa shape index (κ3) is 2.70. The van der Waals surface area contributed by atoms with E-state index in [0.717, 1.165) is 17.9 Å². The van der Waals surface area contributed by atoms with Crippen molar-refractivity contribution in [3.63, 3.8) is 0 Å². The Labute approximate surface area is 73.8 Å². The molecule has 1 heterocycles. The lowest BCUT2D eigenvalue weighted by Crippen LogP contribution is -1.92. The van der Waals surface area contributed by atoms with Gasteiger partial charge in [-0.15, -0.1) is 0 Å². The number of unbranched alkanes of at least 4 members (excludes halogenated alkanes) is 2. The Balaban J connectivity index is 2.31. The van der Waals surface area contributed by atoms with Crippen LogP contribution in [0.5, 0.6) is 0 Å². The molecule has 0 spiro atoms. The minimum absolute atomic E-state index is 0.508. The molecule has 0 amide bonds. The third-order valence-corrected chi connectivity index (χ3v) is 1.95. The topological polar surface area (TPSA) is 39.2 Å². The molecule has 68 valence electrons. The number of furan rings is 1. The van der Waals surface area contributed by atoms with Crippen LogP contribution in [0.3, 0.4) is 0 Å². The van der Waals surface area contributed by atoms with Gasteiger partial charge < -0.3 is 10.2 Å². The van der Waals surface area contributed by atoms with E-state index >= 15 is 0 Å². The van der Waals surface area contributed by atoms with E-state index in [-0.39, 0.29) is 0 Å². The number of rotatable bonds is 5. The van der Waals surface area contributed by atoms with Gasteiger partial charge in [0.05, 0.1) is 6.54 Å². The van der Waals surface area contributed by atoms with Crippen LogP contribution >= 0.6 is 0 Å². The molecule has 0 atom stereocenters. The Bertz CT molecular complexity index is 217. The predicted molar refractivity (Wildman–Crippen MR) is 49.8 cm³/mol. The largest absolute Gasteiger partial charge is 0.465 e. The lowest BCUT2D eigenvalue weighted by atomic mass is 10.2. The van der Waals surface area contributed by atoms with Gasteiger partial charge in [-0.2, -0.15) is 0 Å². The van der Waals surface area contributed by atoms with Crippen LogP contribution in [0, 0.1) is 0 Å². The average Bonchev–Trinajstić information content (AvgIpc) is 2.53. The van der Waals surface area contributed by atoms with E-state index in [2.05, 4.69) is 6.92 Å². The Morgan fingerprint density at radius 2 is 2.00 bits per heavy atom. The Kier molecular flexibility index (Phi) is 3.88. The summed E-state index contributed by atoms with van der Waals surface area (Å²) >= 11 is 0. The molecule has 0 aliphatic carbocycles. The molecule has 2 N–H and O–H groups in total. The summed E-state index contributed by atoms with van der Waals surface area (Å²) in [5.74, 6) is 1.96. The summed E-state index contributed by atoms with van der Waals surface area (Å²) in [6.45, 7) is 2.71. The van der Waals surface area contributed by atoms with Gasteiger partial charge in [0.1, 0.15) is 11.5 Å². The van der Waals surface area contributed by atoms with Crippen LogP contribution < -0.4 is 5.73 Å². The fourth-order valence-electron chi connectivity index (χ4n) is 1.22. The van der Waals surface area contributed by atoms with Crippen molar-refractivity contribution < 1.29 is 4.42 Å². The van der Waals surface area contributed by atoms with Gasteiger partial charge in [0.25, 0.3) is 0 Å². The highest BCUT2D eigenvalue weighted by atomic mass is 16.3. The van der Waals surface area contributed by atoms with E-state index in [4.69, 9.17) is 10.2 Å². The third-order valence-electron chi connectivity index (χ3n) is 1.95. The van der Waals surface area contributed by atoms with Gasteiger partial charge in [-0.1, -0.05) is 19.8 Å². The summed E-state index contributed by atoms with van der Waals surface area (Å²) in [5.41, 5.74) is 5.42. The first-order valence-electron chi connectivity index (χ1n) is 4.64. The Hall–Kier alpha value is -0.760. The molecule has 2 heteroatoms. The average molecular weight is 167 g/mol. The second-order valence-corrected chi connectivity index (χ2v) is 3.03. The van der Waals surface area contributed by atoms with E-state index in [1.165, 1.54) is 19.3 Å². The molecule has 1 rings (SSSR count). The molecule has 0 aliphatic heterocycles. The van der Waals surface area contributed by atoms with Gasteiger partial charge in [0.15, 0.2) is 0 Å². The lowest BCUT2D eigenvalue weighted by Gasteiger charge is -1.94. The first-order chi connectivity index (χ1) is 5.86. The standard InChI is InChI=1S/C10H17NO/c1-2-3-4-5-9-6-7-10(8-11)12-9/h6-7H,2-5,8,11H2,1H3. The maximum absolute atomic E-state index is 5.45. The summed E-state index contributed by atoms with van der Waals surface area (Å²) in [6, 6.07) is 3.99. The van der Waals surface area contributed by atoms with Gasteiger partial charge >= 0.3 is 0 Å². The van der Waals surface area contributed by atoms with Gasteiger partial charge in [0, 0.05) is 6.42 Å². The molecule has 2 nitrogen and oxygen atoms in total. The zero-order valence-electron chi connectivity index (χ0n) is 7.68. The molecule has 0 fully saturated rings. The van der Waals surface area contributed by atoms with Gasteiger partial charge in [-0.25, -0.2) is 0 Å². The van der Waals surface area contributed by atoms with Crippen molar-refractivity contribution in [2.75, 3.05) is 0 Å². The predicted octanol–water partition coefficient (Wildman–Crippen LogP) is 2.47. The summed E-state index contributed by atoms with van der Waals surface area (Å²) < 4.78 is 5.45. The quantitative estimate of drug-likeness (QED) is 0.684. The molecule has 0 aliphatic rings. The zero-order valence-corrected chi connectivity index (χ0v) is 7.68. The van der Waals surface area contributed by atoms with Crippen molar-refractivity contribution in [1.82, 2.24) is 0 Å². The Morgan fingerprint density at radius 3 is 2.58 bits per heavy atom. The van der Waals surface area contributed by atoms with E-state index in [1.807, 2.05) is 12.1 Å². The first-order valence-corrected chi connectivity index (χ1v) is 4.64. The van der Waals surface area contributed by atoms with Crippen LogP contribution in [0.25, 0.3) is 0 Å². The molecule has 1 aromatic heterocycles. The molecule has 0 bridgehead atoms. The van der Waals surface area contributed by atoms with Crippen LogP contribution in [0.2, 0.25) is 0 Å². The van der Waals surface area contributed by atoms with E-state index in [1.54, 1.807) is 0 Å². The zero-order chi connectivity index (χ0) is 8.81. The maximum atomic E-state index is 5.45. The minimum atomic E-state index is 0.508. The van der Waals surface area contributed by atoms with Crippen LogP contribution in [-0.4, -0.2) is 0 Å². The number of nitrogens with two attached hydrogens (primary N) is 1. The summed E-state index contributed by atoms with van der Waals surface area (Å²) in [4.78, 5) is 0. The second kappa shape index (κ2) is 4.99. The molecule has 12 heavy (non-hydrogen) atoms. The Morgan fingerprint density at radius 1 is 1.25 bits per heavy atom.